The van der Waals surface area contributed by atoms with Crippen molar-refractivity contribution in [3.63, 3.8) is 0 Å². The molecule has 2 aliphatic carbocycles. The Morgan fingerprint density at radius 2 is 1.63 bits per heavy atom. The average Bonchev–Trinajstić information content (AvgIpc) is 3.54. The van der Waals surface area contributed by atoms with Crippen LogP contribution in [0.5, 0.6) is 11.5 Å². The first-order valence-corrected chi connectivity index (χ1v) is 18.5. The molecule has 0 bridgehead atoms. The van der Waals surface area contributed by atoms with E-state index in [2.05, 4.69) is 21.4 Å². The maximum Gasteiger partial charge on any atom is 0.260 e. The van der Waals surface area contributed by atoms with E-state index >= 15 is 4.79 Å². The molecule has 10 nitrogen and oxygen atoms in total. The highest BCUT2D eigenvalue weighted by Gasteiger charge is 2.70. The van der Waals surface area contributed by atoms with Gasteiger partial charge >= 0.3 is 0 Å². The molecule has 0 aromatic heterocycles. The van der Waals surface area contributed by atoms with E-state index in [4.69, 9.17) is 16.3 Å². The van der Waals surface area contributed by atoms with Crippen LogP contribution in [-0.2, 0) is 24.6 Å². The minimum Gasteiger partial charge on any atom is -0.504 e. The van der Waals surface area contributed by atoms with Gasteiger partial charge in [0, 0.05) is 26.5 Å². The zero-order valence-electron chi connectivity index (χ0n) is 28.9. The van der Waals surface area contributed by atoms with Crippen molar-refractivity contribution >= 4 is 68.3 Å². The fraction of sp³-hybridized carbons (Fsp3) is 0.244. The maximum absolute atomic E-state index is 15.3. The number of phenolic OH excluding ortho intramolecular Hbond substituents is 1. The molecule has 2 saturated heterocycles. The van der Waals surface area contributed by atoms with Gasteiger partial charge in [0.05, 0.1) is 41.7 Å². The number of carbonyl (C=O) groups is 5. The van der Waals surface area contributed by atoms with Crippen molar-refractivity contribution in [1.29, 1.82) is 0 Å². The smallest absolute Gasteiger partial charge is 0.260 e. The molecule has 3 fully saturated rings. The number of aromatic hydroxyl groups is 1. The molecule has 274 valence electrons. The number of amides is 4. The topological polar surface area (TPSA) is 133 Å². The van der Waals surface area contributed by atoms with Crippen LogP contribution in [0.1, 0.15) is 47.2 Å². The third kappa shape index (κ3) is 5.29. The van der Waals surface area contributed by atoms with Gasteiger partial charge in [-0.25, -0.2) is 4.39 Å². The molecular weight excluding hydrogens is 781 g/mol. The number of hydrogen-bond donors (Lipinski definition) is 2. The molecule has 4 aliphatic rings. The van der Waals surface area contributed by atoms with Crippen LogP contribution < -0.4 is 15.1 Å². The number of nitrogens with zero attached hydrogens (tertiary/aromatic N) is 2. The lowest BCUT2D eigenvalue weighted by molar-refractivity contribution is -0.138. The van der Waals surface area contributed by atoms with Crippen molar-refractivity contribution in [3.05, 3.63) is 129 Å². The van der Waals surface area contributed by atoms with Crippen LogP contribution in [-0.4, -0.2) is 46.6 Å². The summed E-state index contributed by atoms with van der Waals surface area (Å²) in [5, 5.41) is 13.2. The Bertz CT molecular complexity index is 2300. The molecule has 4 amide bonds. The van der Waals surface area contributed by atoms with Gasteiger partial charge < -0.3 is 9.84 Å². The summed E-state index contributed by atoms with van der Waals surface area (Å²) in [5.41, 5.74) is 3.60. The number of ketones is 1. The largest absolute Gasteiger partial charge is 0.504 e. The lowest BCUT2D eigenvalue weighted by Crippen LogP contribution is -2.53. The zero-order valence-corrected chi connectivity index (χ0v) is 31.2. The van der Waals surface area contributed by atoms with Crippen molar-refractivity contribution in [1.82, 2.24) is 5.01 Å². The number of hydrogen-bond acceptors (Lipinski definition) is 8. The SMILES string of the molecule is COc1cc(Br)cc([C@H]2C3=CC[C@@H]4C(=O)N(c5ccc(C(C)=O)cc5)C(=O)[C@@H]4[C@@H]3C[C@H]3C(=O)N(Nc4ccc(F)cc4)C(=O)[C@@]23c2ccc(Cl)cc2)c1O. The monoisotopic (exact) mass is 811 g/mol. The number of Topliss-reactive ketones (excluding diaryl/α,β-unsaturated/α-hetero) is 1. The molecule has 2 aliphatic heterocycles. The van der Waals surface area contributed by atoms with E-state index < -0.39 is 64.5 Å². The predicted octanol–water partition coefficient (Wildman–Crippen LogP) is 7.35. The van der Waals surface area contributed by atoms with Gasteiger partial charge in [0.1, 0.15) is 5.82 Å². The Morgan fingerprint density at radius 3 is 2.28 bits per heavy atom. The molecular formula is C41H32BrClFN3O7. The molecule has 1 saturated carbocycles. The zero-order chi connectivity index (χ0) is 38.2. The molecule has 4 aromatic carbocycles. The van der Waals surface area contributed by atoms with E-state index in [9.17, 15) is 28.7 Å². The number of hydrazine groups is 1. The first kappa shape index (κ1) is 35.7. The van der Waals surface area contributed by atoms with E-state index in [0.29, 0.717) is 31.9 Å². The number of methoxy groups -OCH3 is 1. The van der Waals surface area contributed by atoms with Gasteiger partial charge in [-0.3, -0.25) is 34.3 Å². The number of anilines is 2. The first-order chi connectivity index (χ1) is 25.9. The summed E-state index contributed by atoms with van der Waals surface area (Å²) >= 11 is 9.90. The third-order valence-electron chi connectivity index (χ3n) is 11.4. The molecule has 54 heavy (non-hydrogen) atoms. The number of carbonyl (C=O) groups excluding carboxylic acids is 5. The number of phenols is 1. The van der Waals surface area contributed by atoms with Crippen molar-refractivity contribution < 1.29 is 38.2 Å². The Labute approximate surface area is 322 Å². The second-order valence-corrected chi connectivity index (χ2v) is 15.4. The number of imide groups is 2. The number of benzene rings is 4. The Balaban J connectivity index is 1.33. The van der Waals surface area contributed by atoms with Crippen LogP contribution >= 0.6 is 27.5 Å². The highest BCUT2D eigenvalue weighted by molar-refractivity contribution is 9.10. The number of fused-ring (bicyclic) bond motifs is 4. The van der Waals surface area contributed by atoms with Gasteiger partial charge in [-0.1, -0.05) is 51.3 Å². The minimum atomic E-state index is -1.69. The molecule has 6 atom stereocenters. The fourth-order valence-electron chi connectivity index (χ4n) is 9.07. The van der Waals surface area contributed by atoms with Gasteiger partial charge in [0.25, 0.3) is 11.8 Å². The Hall–Kier alpha value is -5.33. The fourth-order valence-corrected chi connectivity index (χ4v) is 9.65. The second kappa shape index (κ2) is 13.2. The summed E-state index contributed by atoms with van der Waals surface area (Å²) in [6, 6.07) is 21.3. The maximum atomic E-state index is 15.3. The highest BCUT2D eigenvalue weighted by Crippen LogP contribution is 2.65. The molecule has 2 N–H and O–H groups in total. The van der Waals surface area contributed by atoms with Crippen molar-refractivity contribution in [2.75, 3.05) is 17.4 Å². The summed E-state index contributed by atoms with van der Waals surface area (Å²) in [7, 11) is 1.40. The molecule has 2 heterocycles. The number of nitrogens with one attached hydrogen (secondary N) is 1. The van der Waals surface area contributed by atoms with Gasteiger partial charge in [0.2, 0.25) is 11.8 Å². The van der Waals surface area contributed by atoms with E-state index in [0.717, 1.165) is 9.91 Å². The quantitative estimate of drug-likeness (QED) is 0.113. The van der Waals surface area contributed by atoms with Gasteiger partial charge in [-0.2, -0.15) is 5.01 Å². The van der Waals surface area contributed by atoms with E-state index in [1.807, 2.05) is 6.08 Å². The molecule has 13 heteroatoms. The van der Waals surface area contributed by atoms with E-state index in [1.54, 1.807) is 60.7 Å². The number of allylic oxidation sites excluding steroid dienone is 2. The van der Waals surface area contributed by atoms with Crippen molar-refractivity contribution in [2.24, 2.45) is 23.7 Å². The lowest BCUT2D eigenvalue weighted by atomic mass is 9.49. The van der Waals surface area contributed by atoms with Gasteiger partial charge in [-0.15, -0.1) is 0 Å². The number of ether oxygens (including phenoxy) is 1. The minimum absolute atomic E-state index is 0.0142. The van der Waals surface area contributed by atoms with Crippen molar-refractivity contribution in [3.8, 4) is 11.5 Å². The highest BCUT2D eigenvalue weighted by atomic mass is 79.9. The first-order valence-electron chi connectivity index (χ1n) is 17.3. The van der Waals surface area contributed by atoms with Crippen LogP contribution in [0, 0.1) is 29.5 Å². The van der Waals surface area contributed by atoms with Crippen LogP contribution in [0.25, 0.3) is 0 Å². The summed E-state index contributed by atoms with van der Waals surface area (Å²) < 4.78 is 20.0. The van der Waals surface area contributed by atoms with Crippen LogP contribution in [0.2, 0.25) is 5.02 Å². The molecule has 4 aromatic rings. The molecule has 0 radical (unpaired) electrons. The lowest BCUT2D eigenvalue weighted by Gasteiger charge is -2.50. The normalized spacial score (nSPS) is 25.9. The predicted molar refractivity (Wildman–Crippen MR) is 200 cm³/mol. The van der Waals surface area contributed by atoms with Crippen LogP contribution in [0.15, 0.2) is 101 Å². The summed E-state index contributed by atoms with van der Waals surface area (Å²) in [5.74, 6) is -7.40. The number of rotatable bonds is 7. The standard InChI is InChI=1S/C41H32BrClFN3O7/c1-20(48)21-3-13-27(14-4-21)46-37(50)29-16-15-28-30(34(29)39(46)52)19-32-38(51)47(45-26-11-9-25(44)10-12-26)40(53)41(32,22-5-7-24(43)8-6-22)35(28)31-17-23(42)18-33(54-2)36(31)49/h3-15,17-18,29-30,32,34-35,45,49H,16,19H2,1-2H3/t29-,30+,32-,34-,35+,41+/m0/s1. The Morgan fingerprint density at radius 1 is 0.944 bits per heavy atom. The summed E-state index contributed by atoms with van der Waals surface area (Å²) in [6.07, 6.45) is 2.05. The number of halogens is 3. The summed E-state index contributed by atoms with van der Waals surface area (Å²) in [4.78, 5) is 71.9. The van der Waals surface area contributed by atoms with Crippen LogP contribution in [0.3, 0.4) is 0 Å². The summed E-state index contributed by atoms with van der Waals surface area (Å²) in [6.45, 7) is 1.43. The molecule has 0 spiro atoms. The van der Waals surface area contributed by atoms with Gasteiger partial charge in [0.15, 0.2) is 17.3 Å². The Kier molecular flexibility index (Phi) is 8.73. The van der Waals surface area contributed by atoms with E-state index in [-0.39, 0.29) is 41.4 Å². The second-order valence-electron chi connectivity index (χ2n) is 14.0. The molecule has 0 unspecified atom stereocenters. The van der Waals surface area contributed by atoms with E-state index in [1.165, 1.54) is 38.3 Å². The third-order valence-corrected chi connectivity index (χ3v) is 12.1. The van der Waals surface area contributed by atoms with Crippen molar-refractivity contribution in [2.45, 2.75) is 31.1 Å². The molecule has 8 rings (SSSR count). The average molecular weight is 813 g/mol. The van der Waals surface area contributed by atoms with Crippen LogP contribution in [0.4, 0.5) is 15.8 Å². The van der Waals surface area contributed by atoms with Gasteiger partial charge in [-0.05, 0) is 104 Å².